The van der Waals surface area contributed by atoms with Gasteiger partial charge in [-0.15, -0.1) is 0 Å². The van der Waals surface area contributed by atoms with Crippen LogP contribution in [0.2, 0.25) is 0 Å². The molecule has 0 N–H and O–H groups in total. The van der Waals surface area contributed by atoms with Gasteiger partial charge in [0.25, 0.3) is 5.91 Å². The van der Waals surface area contributed by atoms with Gasteiger partial charge < -0.3 is 14.1 Å². The van der Waals surface area contributed by atoms with Gasteiger partial charge >= 0.3 is 5.97 Å². The third-order valence-electron chi connectivity index (χ3n) is 4.56. The van der Waals surface area contributed by atoms with Gasteiger partial charge in [0.05, 0.1) is 18.9 Å². The molecule has 1 amide bonds. The van der Waals surface area contributed by atoms with Crippen molar-refractivity contribution in [3.8, 4) is 0 Å². The molecule has 0 aromatic carbocycles. The molecular formula is C15H19NO4. The van der Waals surface area contributed by atoms with E-state index in [4.69, 9.17) is 9.15 Å². The Morgan fingerprint density at radius 3 is 2.85 bits per heavy atom. The van der Waals surface area contributed by atoms with Crippen LogP contribution in [0.25, 0.3) is 0 Å². The average Bonchev–Trinajstić information content (AvgIpc) is 3.12. The molecule has 20 heavy (non-hydrogen) atoms. The average molecular weight is 277 g/mol. The molecule has 1 aliphatic heterocycles. The van der Waals surface area contributed by atoms with Gasteiger partial charge in [-0.05, 0) is 31.2 Å². The summed E-state index contributed by atoms with van der Waals surface area (Å²) in [6, 6.07) is 1.36. The van der Waals surface area contributed by atoms with Gasteiger partial charge in [-0.25, -0.2) is 4.79 Å². The molecule has 1 aliphatic carbocycles. The van der Waals surface area contributed by atoms with Gasteiger partial charge in [-0.1, -0.05) is 12.8 Å². The number of methoxy groups -OCH3 is 1. The van der Waals surface area contributed by atoms with Crippen molar-refractivity contribution in [1.29, 1.82) is 0 Å². The van der Waals surface area contributed by atoms with E-state index in [2.05, 4.69) is 0 Å². The van der Waals surface area contributed by atoms with Crippen molar-refractivity contribution in [2.75, 3.05) is 7.11 Å². The van der Waals surface area contributed by atoms with Gasteiger partial charge in [-0.2, -0.15) is 0 Å². The zero-order valence-corrected chi connectivity index (χ0v) is 11.6. The number of amides is 1. The molecule has 3 rings (SSSR count). The van der Waals surface area contributed by atoms with Crippen LogP contribution in [-0.2, 0) is 9.53 Å². The number of furan rings is 1. The molecule has 1 saturated carbocycles. The number of carbonyl (C=O) groups is 2. The molecular weight excluding hydrogens is 258 g/mol. The molecule has 0 bridgehead atoms. The predicted molar refractivity (Wildman–Crippen MR) is 71.0 cm³/mol. The summed E-state index contributed by atoms with van der Waals surface area (Å²) < 4.78 is 9.87. The maximum atomic E-state index is 12.7. The Bertz CT molecular complexity index is 496. The molecule has 5 heteroatoms. The zero-order chi connectivity index (χ0) is 14.1. The fraction of sp³-hybridized carbons (Fsp3) is 0.600. The molecule has 0 radical (unpaired) electrons. The molecule has 108 valence electrons. The number of likely N-dealkylation sites (tertiary alicyclic amines) is 1. The maximum absolute atomic E-state index is 12.7. The minimum absolute atomic E-state index is 0.122. The smallest absolute Gasteiger partial charge is 0.328 e. The minimum Gasteiger partial charge on any atom is -0.472 e. The lowest BCUT2D eigenvalue weighted by atomic mass is 9.84. The molecule has 2 heterocycles. The van der Waals surface area contributed by atoms with Crippen molar-refractivity contribution in [1.82, 2.24) is 4.90 Å². The third kappa shape index (κ3) is 2.11. The van der Waals surface area contributed by atoms with Crippen LogP contribution in [0, 0.1) is 5.92 Å². The first-order valence-corrected chi connectivity index (χ1v) is 7.15. The molecule has 1 aromatic heterocycles. The van der Waals surface area contributed by atoms with E-state index in [1.807, 2.05) is 0 Å². The van der Waals surface area contributed by atoms with Crippen LogP contribution in [0.1, 0.15) is 42.5 Å². The number of esters is 1. The van der Waals surface area contributed by atoms with E-state index in [0.29, 0.717) is 11.5 Å². The van der Waals surface area contributed by atoms with E-state index in [0.717, 1.165) is 25.7 Å². The van der Waals surface area contributed by atoms with Crippen molar-refractivity contribution in [3.05, 3.63) is 24.2 Å². The van der Waals surface area contributed by atoms with Crippen LogP contribution in [-0.4, -0.2) is 36.0 Å². The first-order valence-electron chi connectivity index (χ1n) is 7.15. The Kier molecular flexibility index (Phi) is 3.51. The Morgan fingerprint density at radius 1 is 1.35 bits per heavy atom. The molecule has 3 atom stereocenters. The maximum Gasteiger partial charge on any atom is 0.328 e. The summed E-state index contributed by atoms with van der Waals surface area (Å²) in [7, 11) is 1.38. The summed E-state index contributed by atoms with van der Waals surface area (Å²) in [6.45, 7) is 0. The summed E-state index contributed by atoms with van der Waals surface area (Å²) in [5.74, 6) is -0.0107. The quantitative estimate of drug-likeness (QED) is 0.778. The van der Waals surface area contributed by atoms with Gasteiger partial charge in [0.2, 0.25) is 0 Å². The summed E-state index contributed by atoms with van der Waals surface area (Å²) in [6.07, 6.45) is 8.00. The molecule has 0 spiro atoms. The topological polar surface area (TPSA) is 59.8 Å². The fourth-order valence-electron chi connectivity index (χ4n) is 3.63. The standard InChI is InChI=1S/C15H19NO4/c1-19-15(18)13-8-10-4-2-3-5-12(10)16(13)14(17)11-6-7-20-9-11/h6-7,9-10,12-13H,2-5,8H2,1H3/t10-,12-,13+/m1/s1. The second-order valence-corrected chi connectivity index (χ2v) is 5.61. The predicted octanol–water partition coefficient (Wildman–Crippen LogP) is 2.23. The van der Waals surface area contributed by atoms with Crippen LogP contribution in [0.5, 0.6) is 0 Å². The Hall–Kier alpha value is -1.78. The van der Waals surface area contributed by atoms with Gasteiger partial charge in [0, 0.05) is 6.04 Å². The van der Waals surface area contributed by atoms with E-state index in [1.165, 1.54) is 26.1 Å². The highest BCUT2D eigenvalue weighted by molar-refractivity contribution is 5.97. The first-order chi connectivity index (χ1) is 9.72. The van der Waals surface area contributed by atoms with Crippen LogP contribution >= 0.6 is 0 Å². The molecule has 1 saturated heterocycles. The number of fused-ring (bicyclic) bond motifs is 1. The fourth-order valence-corrected chi connectivity index (χ4v) is 3.63. The van der Waals surface area contributed by atoms with Crippen LogP contribution in [0.15, 0.2) is 23.0 Å². The third-order valence-corrected chi connectivity index (χ3v) is 4.56. The minimum atomic E-state index is -0.449. The van der Waals surface area contributed by atoms with Crippen molar-refractivity contribution < 1.29 is 18.7 Å². The van der Waals surface area contributed by atoms with Gasteiger partial charge in [-0.3, -0.25) is 4.79 Å². The lowest BCUT2D eigenvalue weighted by Gasteiger charge is -2.33. The number of carbonyl (C=O) groups excluding carboxylic acids is 2. The van der Waals surface area contributed by atoms with E-state index < -0.39 is 6.04 Å². The van der Waals surface area contributed by atoms with Crippen molar-refractivity contribution in [3.63, 3.8) is 0 Å². The summed E-state index contributed by atoms with van der Waals surface area (Å²) in [4.78, 5) is 26.4. The number of nitrogens with zero attached hydrogens (tertiary/aromatic N) is 1. The summed E-state index contributed by atoms with van der Waals surface area (Å²) >= 11 is 0. The largest absolute Gasteiger partial charge is 0.472 e. The Balaban J connectivity index is 1.90. The van der Waals surface area contributed by atoms with Crippen molar-refractivity contribution >= 4 is 11.9 Å². The zero-order valence-electron chi connectivity index (χ0n) is 11.6. The van der Waals surface area contributed by atoms with E-state index in [9.17, 15) is 9.59 Å². The normalized spacial score (nSPS) is 29.1. The summed E-state index contributed by atoms with van der Waals surface area (Å²) in [5, 5.41) is 0. The molecule has 2 aliphatic rings. The lowest BCUT2D eigenvalue weighted by molar-refractivity contribution is -0.145. The van der Waals surface area contributed by atoms with Crippen molar-refractivity contribution in [2.24, 2.45) is 5.92 Å². The SMILES string of the molecule is COC(=O)[C@@H]1C[C@H]2CCCC[C@H]2N1C(=O)c1ccoc1. The van der Waals surface area contributed by atoms with E-state index in [-0.39, 0.29) is 17.9 Å². The van der Waals surface area contributed by atoms with Crippen LogP contribution < -0.4 is 0 Å². The van der Waals surface area contributed by atoms with E-state index in [1.54, 1.807) is 11.0 Å². The Morgan fingerprint density at radius 2 is 2.15 bits per heavy atom. The highest BCUT2D eigenvalue weighted by atomic mass is 16.5. The highest BCUT2D eigenvalue weighted by Gasteiger charge is 2.48. The second kappa shape index (κ2) is 5.31. The number of ether oxygens (including phenoxy) is 1. The monoisotopic (exact) mass is 277 g/mol. The first kappa shape index (κ1) is 13.2. The number of rotatable bonds is 2. The van der Waals surface area contributed by atoms with E-state index >= 15 is 0 Å². The lowest BCUT2D eigenvalue weighted by Crippen LogP contribution is -2.46. The highest BCUT2D eigenvalue weighted by Crippen LogP contribution is 2.40. The number of hydrogen-bond acceptors (Lipinski definition) is 4. The molecule has 5 nitrogen and oxygen atoms in total. The van der Waals surface area contributed by atoms with Crippen molar-refractivity contribution in [2.45, 2.75) is 44.2 Å². The molecule has 2 fully saturated rings. The van der Waals surface area contributed by atoms with Crippen LogP contribution in [0.4, 0.5) is 0 Å². The van der Waals surface area contributed by atoms with Gasteiger partial charge in [0.15, 0.2) is 0 Å². The summed E-state index contributed by atoms with van der Waals surface area (Å²) in [5.41, 5.74) is 0.505. The molecule has 1 aromatic rings. The van der Waals surface area contributed by atoms with Gasteiger partial charge in [0.1, 0.15) is 12.3 Å². The second-order valence-electron chi connectivity index (χ2n) is 5.61. The Labute approximate surface area is 117 Å². The molecule has 0 unspecified atom stereocenters. The number of hydrogen-bond donors (Lipinski definition) is 0. The van der Waals surface area contributed by atoms with Crippen LogP contribution in [0.3, 0.4) is 0 Å².